The van der Waals surface area contributed by atoms with Gasteiger partial charge >= 0.3 is 5.97 Å². The maximum absolute atomic E-state index is 12.1. The zero-order chi connectivity index (χ0) is 57.3. The summed E-state index contributed by atoms with van der Waals surface area (Å²) in [6.45, 7) is 11.2. The van der Waals surface area contributed by atoms with Gasteiger partial charge in [0.2, 0.25) is 0 Å². The molecule has 25 nitrogen and oxygen atoms in total. The molecule has 3 saturated carbocycles. The number of hydrogen-bond acceptors (Lipinski definition) is 25. The van der Waals surface area contributed by atoms with Crippen LogP contribution in [0.2, 0.25) is 0 Å². The molecule has 0 bridgehead atoms. The average molecular weight is 1140 g/mol. The number of fused-ring (bicyclic) bond motifs is 5. The third-order valence-electron chi connectivity index (χ3n) is 19.7. The second-order valence-electron chi connectivity index (χ2n) is 24.5. The molecule has 25 heteroatoms. The lowest BCUT2D eigenvalue weighted by molar-refractivity contribution is -0.375. The Balaban J connectivity index is 0.823. The van der Waals surface area contributed by atoms with Crippen molar-refractivity contribution >= 4 is 5.97 Å². The van der Waals surface area contributed by atoms with E-state index < -0.39 is 185 Å². The van der Waals surface area contributed by atoms with E-state index in [-0.39, 0.29) is 28.8 Å². The number of carbonyl (C=O) groups is 1. The molecule has 0 aromatic heterocycles. The third kappa shape index (κ3) is 11.9. The summed E-state index contributed by atoms with van der Waals surface area (Å²) in [7, 11) is 1.57. The summed E-state index contributed by atoms with van der Waals surface area (Å²) < 4.78 is 72.3. The van der Waals surface area contributed by atoms with Gasteiger partial charge in [0.1, 0.15) is 85.5 Å². The van der Waals surface area contributed by atoms with Crippen LogP contribution in [0.25, 0.3) is 0 Å². The van der Waals surface area contributed by atoms with Gasteiger partial charge in [-0.15, -0.1) is 0 Å². The van der Waals surface area contributed by atoms with Crippen LogP contribution in [-0.2, 0) is 61.6 Å². The Labute approximate surface area is 459 Å². The molecular weight excluding hydrogens is 1050 g/mol. The largest absolute Gasteiger partial charge is 0.454 e. The highest BCUT2D eigenvalue weighted by atomic mass is 16.8. The molecule has 4 aliphatic carbocycles. The van der Waals surface area contributed by atoms with Crippen molar-refractivity contribution in [3.05, 3.63) is 11.6 Å². The zero-order valence-electron chi connectivity index (χ0n) is 46.2. The highest BCUT2D eigenvalue weighted by Gasteiger charge is 2.63. The van der Waals surface area contributed by atoms with Crippen LogP contribution in [0, 0.1) is 34.5 Å². The van der Waals surface area contributed by atoms with Crippen LogP contribution in [0.4, 0.5) is 0 Å². The van der Waals surface area contributed by atoms with Gasteiger partial charge < -0.3 is 118 Å². The van der Waals surface area contributed by atoms with E-state index in [9.17, 15) is 66.1 Å². The number of methoxy groups -OCH3 is 1. The molecule has 8 fully saturated rings. The SMILES string of the molecule is CO[C@@H]1C[C@H](O[C@@H]2CC[C@@]3(C)C(=CC[C@H]4[C@@H]5C[C@H](O)[C@@H]([C@H](C)O[C@H]6O[C@@H](C)[C@H](O)[C@@H](O)[C@@H]6O[C@H]6O[C@@H](CO[C@H]7O[C@@H](CO)[C@H](O)[C@@H](O)[C@@H]7O)[C@H](O)[C@@H](O)[C@@H]6O)[C@@]5(C)CC[C@@H]43)C2)O[C@H](C)[C@H]1O[C@H]1O[C@@H](C)[C@H](O)[C@@H](O)[C@@H]1OC(C)=O. The average Bonchev–Trinajstić information content (AvgIpc) is 3.77. The number of allylic oxidation sites excluding steroid dienone is 1. The minimum atomic E-state index is -1.90. The van der Waals surface area contributed by atoms with Crippen molar-refractivity contribution in [3.8, 4) is 0 Å². The first-order chi connectivity index (χ1) is 37.3. The van der Waals surface area contributed by atoms with Gasteiger partial charge in [-0.05, 0) is 101 Å². The Hall–Kier alpha value is -1.71. The Morgan fingerprint density at radius 1 is 0.658 bits per heavy atom. The molecule has 33 atom stereocenters. The van der Waals surface area contributed by atoms with Gasteiger partial charge in [0.05, 0.1) is 55.9 Å². The summed E-state index contributed by atoms with van der Waals surface area (Å²) in [6, 6.07) is 0. The van der Waals surface area contributed by atoms with Gasteiger partial charge in [-0.1, -0.05) is 25.5 Å². The molecule has 454 valence electrons. The summed E-state index contributed by atoms with van der Waals surface area (Å²) in [4.78, 5) is 11.9. The summed E-state index contributed by atoms with van der Waals surface area (Å²) in [5.74, 6) is -0.318. The number of esters is 1. The van der Waals surface area contributed by atoms with Gasteiger partial charge in [0.25, 0.3) is 0 Å². The van der Waals surface area contributed by atoms with E-state index in [4.69, 9.17) is 56.8 Å². The Morgan fingerprint density at radius 3 is 1.94 bits per heavy atom. The number of ether oxygens (including phenoxy) is 12. The minimum Gasteiger partial charge on any atom is -0.454 e. The lowest BCUT2D eigenvalue weighted by Crippen LogP contribution is -2.65. The Bertz CT molecular complexity index is 2070. The number of aliphatic hydroxyl groups excluding tert-OH is 12. The van der Waals surface area contributed by atoms with Crippen molar-refractivity contribution in [3.63, 3.8) is 0 Å². The number of aliphatic hydroxyl groups is 12. The first-order valence-electron chi connectivity index (χ1n) is 28.3. The van der Waals surface area contributed by atoms with Gasteiger partial charge in [-0.2, -0.15) is 0 Å². The van der Waals surface area contributed by atoms with E-state index in [1.54, 1.807) is 21.0 Å². The van der Waals surface area contributed by atoms with E-state index in [0.717, 1.165) is 38.5 Å². The first-order valence-corrected chi connectivity index (χ1v) is 28.3. The molecule has 79 heavy (non-hydrogen) atoms. The van der Waals surface area contributed by atoms with Gasteiger partial charge in [0.15, 0.2) is 37.6 Å². The van der Waals surface area contributed by atoms with Crippen LogP contribution < -0.4 is 0 Å². The van der Waals surface area contributed by atoms with Crippen LogP contribution >= 0.6 is 0 Å². The second kappa shape index (κ2) is 24.7. The maximum Gasteiger partial charge on any atom is 0.303 e. The quantitative estimate of drug-likeness (QED) is 0.0608. The molecule has 0 spiro atoms. The Morgan fingerprint density at radius 2 is 1.28 bits per heavy atom. The van der Waals surface area contributed by atoms with E-state index >= 15 is 0 Å². The van der Waals surface area contributed by atoms with E-state index in [1.165, 1.54) is 12.5 Å². The molecule has 12 N–H and O–H groups in total. The van der Waals surface area contributed by atoms with Crippen molar-refractivity contribution in [1.82, 2.24) is 0 Å². The fraction of sp³-hybridized carbons (Fsp3) is 0.944. The van der Waals surface area contributed by atoms with Crippen molar-refractivity contribution < 1.29 is 123 Å². The van der Waals surface area contributed by atoms with Gasteiger partial charge in [0, 0.05) is 26.4 Å². The number of carbonyl (C=O) groups excluding carboxylic acids is 1. The molecular formula is C54H88O25. The monoisotopic (exact) mass is 1140 g/mol. The topological polar surface area (TPSA) is 371 Å². The van der Waals surface area contributed by atoms with Crippen molar-refractivity contribution in [2.75, 3.05) is 20.3 Å². The lowest BCUT2D eigenvalue weighted by Gasteiger charge is -2.58. The molecule has 9 aliphatic rings. The van der Waals surface area contributed by atoms with Crippen LogP contribution in [0.3, 0.4) is 0 Å². The molecule has 5 aliphatic heterocycles. The summed E-state index contributed by atoms with van der Waals surface area (Å²) in [5.41, 5.74) is 0.865. The predicted octanol–water partition coefficient (Wildman–Crippen LogP) is -2.26. The smallest absolute Gasteiger partial charge is 0.303 e. The maximum atomic E-state index is 12.1. The molecule has 0 unspecified atom stereocenters. The molecule has 0 amide bonds. The van der Waals surface area contributed by atoms with Gasteiger partial charge in [-0.3, -0.25) is 4.79 Å². The fourth-order valence-corrected chi connectivity index (χ4v) is 15.2. The van der Waals surface area contributed by atoms with Gasteiger partial charge in [-0.25, -0.2) is 0 Å². The van der Waals surface area contributed by atoms with Crippen LogP contribution in [0.5, 0.6) is 0 Å². The standard InChI is InChI=1S/C54H88O25/c1-20(71-51-48(43(65)37(59)21(2)72-51)79-50-45(67)41(63)39(61)33(77-50)19-69-49-44(66)40(62)38(60)32(18-55)76-49)35-30(57)16-29-27-10-9-25-15-26(11-13-53(25,6)28(27)12-14-54(29,35)7)75-34-17-31(68-8)46(23(4)70-34)78-52-47(74-24(5)56)42(64)36(58)22(3)73-52/h9,20-23,26-52,55,57-67H,10-19H2,1-8H3/t20-,21-,22-,23+,26+,27+,28-,29-,30-,31+,32-,33-,34-,35+,36-,37-,38-,39-,40+,41+,42+,43+,44-,45-,46+,47-,48-,49-,50+,51-,52+,53-,54-/m0/s1. The van der Waals surface area contributed by atoms with E-state index in [2.05, 4.69) is 19.9 Å². The molecule has 0 radical (unpaired) electrons. The number of rotatable bonds is 15. The molecule has 5 heterocycles. The van der Waals surface area contributed by atoms with E-state index in [0.29, 0.717) is 18.8 Å². The molecule has 0 aromatic rings. The minimum absolute atomic E-state index is 0.105. The van der Waals surface area contributed by atoms with Crippen molar-refractivity contribution in [1.29, 1.82) is 0 Å². The second-order valence-corrected chi connectivity index (χ2v) is 24.5. The van der Waals surface area contributed by atoms with Crippen molar-refractivity contribution in [2.24, 2.45) is 34.5 Å². The molecule has 9 rings (SSSR count). The van der Waals surface area contributed by atoms with Crippen molar-refractivity contribution in [2.45, 2.75) is 266 Å². The summed E-state index contributed by atoms with van der Waals surface area (Å²) in [5, 5.41) is 129. The normalized spacial score (nSPS) is 53.5. The third-order valence-corrected chi connectivity index (χ3v) is 19.7. The summed E-state index contributed by atoms with van der Waals surface area (Å²) >= 11 is 0. The predicted molar refractivity (Wildman–Crippen MR) is 266 cm³/mol. The highest BCUT2D eigenvalue weighted by Crippen LogP contribution is 2.67. The fourth-order valence-electron chi connectivity index (χ4n) is 15.2. The Kier molecular flexibility index (Phi) is 19.3. The number of hydrogen-bond donors (Lipinski definition) is 12. The van der Waals surface area contributed by atoms with Crippen LogP contribution in [0.1, 0.15) is 99.8 Å². The molecule has 0 aromatic carbocycles. The molecule has 5 saturated heterocycles. The summed E-state index contributed by atoms with van der Waals surface area (Å²) in [6.07, 6.45) is -25.6. The zero-order valence-corrected chi connectivity index (χ0v) is 46.2. The van der Waals surface area contributed by atoms with E-state index in [1.807, 2.05) is 13.8 Å². The van der Waals surface area contributed by atoms with Crippen LogP contribution in [-0.4, -0.2) is 253 Å². The van der Waals surface area contributed by atoms with Crippen LogP contribution in [0.15, 0.2) is 11.6 Å². The lowest BCUT2D eigenvalue weighted by atomic mass is 9.47. The first kappa shape index (κ1) is 61.8. The highest BCUT2D eigenvalue weighted by molar-refractivity contribution is 5.66.